The zero-order valence-corrected chi connectivity index (χ0v) is 8.92. The summed E-state index contributed by atoms with van der Waals surface area (Å²) in [6, 6.07) is 5.63. The van der Waals surface area contributed by atoms with Crippen molar-refractivity contribution in [3.63, 3.8) is 0 Å². The maximum atomic E-state index is 10.7. The topological polar surface area (TPSA) is 49.3 Å². The van der Waals surface area contributed by atoms with E-state index in [0.29, 0.717) is 5.02 Å². The van der Waals surface area contributed by atoms with E-state index in [2.05, 4.69) is 5.32 Å². The van der Waals surface area contributed by atoms with E-state index in [4.69, 9.17) is 16.7 Å². The van der Waals surface area contributed by atoms with E-state index in [9.17, 15) is 4.79 Å². The molecule has 0 spiro atoms. The molecule has 15 heavy (non-hydrogen) atoms. The molecule has 1 atom stereocenters. The lowest BCUT2D eigenvalue weighted by atomic mass is 9.88. The molecule has 1 aromatic rings. The van der Waals surface area contributed by atoms with Crippen LogP contribution in [0.1, 0.15) is 24.3 Å². The Morgan fingerprint density at radius 1 is 1.60 bits per heavy atom. The Hall–Kier alpha value is -1.22. The third kappa shape index (κ3) is 2.07. The summed E-state index contributed by atoms with van der Waals surface area (Å²) >= 11 is 6.03. The Morgan fingerprint density at radius 3 is 3.13 bits per heavy atom. The first-order valence-corrected chi connectivity index (χ1v) is 5.30. The third-order valence-corrected chi connectivity index (χ3v) is 3.02. The molecular weight excluding hydrogens is 214 g/mol. The quantitative estimate of drug-likeness (QED) is 0.814. The number of anilines is 1. The average Bonchev–Trinajstić information content (AvgIpc) is 2.19. The molecule has 0 amide bonds. The summed E-state index contributed by atoms with van der Waals surface area (Å²) in [7, 11) is 0. The number of aliphatic carboxylic acids is 1. The number of benzene rings is 1. The SMILES string of the molecule is O=C(O)CC1CCNc2c(Cl)cccc21. The molecule has 0 fully saturated rings. The lowest BCUT2D eigenvalue weighted by Gasteiger charge is -2.26. The molecule has 0 saturated carbocycles. The zero-order chi connectivity index (χ0) is 10.8. The molecule has 80 valence electrons. The standard InChI is InChI=1S/C11H12ClNO2/c12-9-3-1-2-8-7(6-10(14)15)4-5-13-11(8)9/h1-3,7,13H,4-6H2,(H,14,15). The molecule has 2 rings (SSSR count). The van der Waals surface area contributed by atoms with Gasteiger partial charge in [-0.3, -0.25) is 4.79 Å². The van der Waals surface area contributed by atoms with Crippen LogP contribution >= 0.6 is 11.6 Å². The van der Waals surface area contributed by atoms with Crippen molar-refractivity contribution in [3.8, 4) is 0 Å². The van der Waals surface area contributed by atoms with Crippen LogP contribution in [-0.4, -0.2) is 17.6 Å². The second kappa shape index (κ2) is 4.11. The summed E-state index contributed by atoms with van der Waals surface area (Å²) in [5.74, 6) is -0.676. The first kappa shape index (κ1) is 10.3. The lowest BCUT2D eigenvalue weighted by Crippen LogP contribution is -2.19. The van der Waals surface area contributed by atoms with Gasteiger partial charge in [0.05, 0.1) is 17.1 Å². The van der Waals surface area contributed by atoms with Crippen molar-refractivity contribution in [3.05, 3.63) is 28.8 Å². The van der Waals surface area contributed by atoms with Crippen LogP contribution in [-0.2, 0) is 4.79 Å². The Bertz CT molecular complexity index is 392. The van der Waals surface area contributed by atoms with Gasteiger partial charge in [0, 0.05) is 6.54 Å². The number of fused-ring (bicyclic) bond motifs is 1. The van der Waals surface area contributed by atoms with Crippen LogP contribution < -0.4 is 5.32 Å². The molecule has 0 radical (unpaired) electrons. The number of halogens is 1. The fraction of sp³-hybridized carbons (Fsp3) is 0.364. The van der Waals surface area contributed by atoms with Gasteiger partial charge in [-0.15, -0.1) is 0 Å². The molecular formula is C11H12ClNO2. The van der Waals surface area contributed by atoms with E-state index < -0.39 is 5.97 Å². The van der Waals surface area contributed by atoms with E-state index in [-0.39, 0.29) is 12.3 Å². The van der Waals surface area contributed by atoms with Gasteiger partial charge in [-0.1, -0.05) is 23.7 Å². The van der Waals surface area contributed by atoms with Gasteiger partial charge in [0.25, 0.3) is 0 Å². The first-order valence-electron chi connectivity index (χ1n) is 4.92. The van der Waals surface area contributed by atoms with E-state index in [1.54, 1.807) is 0 Å². The summed E-state index contributed by atoms with van der Waals surface area (Å²) in [6.45, 7) is 0.786. The molecule has 1 aromatic carbocycles. The minimum Gasteiger partial charge on any atom is -0.481 e. The molecule has 1 heterocycles. The number of carboxylic acids is 1. The molecule has 0 aliphatic carbocycles. The highest BCUT2D eigenvalue weighted by atomic mass is 35.5. The van der Waals surface area contributed by atoms with Crippen molar-refractivity contribution in [2.24, 2.45) is 0 Å². The fourth-order valence-electron chi connectivity index (χ4n) is 2.02. The summed E-state index contributed by atoms with van der Waals surface area (Å²) in [5, 5.41) is 12.7. The third-order valence-electron chi connectivity index (χ3n) is 2.70. The molecule has 3 nitrogen and oxygen atoms in total. The van der Waals surface area contributed by atoms with E-state index in [0.717, 1.165) is 24.2 Å². The minimum absolute atomic E-state index is 0.0810. The Labute approximate surface area is 93.1 Å². The van der Waals surface area contributed by atoms with Gasteiger partial charge < -0.3 is 10.4 Å². The Balaban J connectivity index is 2.34. The number of carbonyl (C=O) groups is 1. The Morgan fingerprint density at radius 2 is 2.40 bits per heavy atom. The zero-order valence-electron chi connectivity index (χ0n) is 8.16. The molecule has 1 aliphatic heterocycles. The predicted molar refractivity (Wildman–Crippen MR) is 59.6 cm³/mol. The predicted octanol–water partition coefficient (Wildman–Crippen LogP) is 2.71. The van der Waals surface area contributed by atoms with E-state index in [1.807, 2.05) is 18.2 Å². The van der Waals surface area contributed by atoms with Crippen LogP contribution in [0.2, 0.25) is 5.02 Å². The van der Waals surface area contributed by atoms with Crippen molar-refractivity contribution in [2.45, 2.75) is 18.8 Å². The van der Waals surface area contributed by atoms with Gasteiger partial charge >= 0.3 is 5.97 Å². The maximum Gasteiger partial charge on any atom is 0.303 e. The number of nitrogens with one attached hydrogen (secondary N) is 1. The van der Waals surface area contributed by atoms with E-state index in [1.165, 1.54) is 0 Å². The van der Waals surface area contributed by atoms with Crippen LogP contribution in [0.15, 0.2) is 18.2 Å². The second-order valence-electron chi connectivity index (χ2n) is 3.71. The van der Waals surface area contributed by atoms with Gasteiger partial charge in [-0.2, -0.15) is 0 Å². The number of para-hydroxylation sites is 1. The molecule has 0 aromatic heterocycles. The molecule has 0 bridgehead atoms. The average molecular weight is 226 g/mol. The van der Waals surface area contributed by atoms with Crippen LogP contribution in [0.5, 0.6) is 0 Å². The number of rotatable bonds is 2. The summed E-state index contributed by atoms with van der Waals surface area (Å²) in [5.41, 5.74) is 1.92. The smallest absolute Gasteiger partial charge is 0.303 e. The molecule has 2 N–H and O–H groups in total. The molecule has 1 aliphatic rings. The first-order chi connectivity index (χ1) is 7.18. The van der Waals surface area contributed by atoms with Crippen LogP contribution in [0.3, 0.4) is 0 Å². The Kier molecular flexibility index (Phi) is 2.82. The second-order valence-corrected chi connectivity index (χ2v) is 4.12. The molecule has 0 saturated heterocycles. The molecule has 4 heteroatoms. The monoisotopic (exact) mass is 225 g/mol. The van der Waals surface area contributed by atoms with Crippen molar-refractivity contribution >= 4 is 23.3 Å². The number of carboxylic acid groups (broad SMARTS) is 1. The highest BCUT2D eigenvalue weighted by molar-refractivity contribution is 6.33. The highest BCUT2D eigenvalue weighted by Crippen LogP contribution is 2.37. The van der Waals surface area contributed by atoms with Crippen molar-refractivity contribution in [2.75, 3.05) is 11.9 Å². The van der Waals surface area contributed by atoms with Crippen LogP contribution in [0, 0.1) is 0 Å². The summed E-state index contributed by atoms with van der Waals surface area (Å²) in [6.07, 6.45) is 1.02. The van der Waals surface area contributed by atoms with Gasteiger partial charge in [-0.25, -0.2) is 0 Å². The molecule has 1 unspecified atom stereocenters. The summed E-state index contributed by atoms with van der Waals surface area (Å²) < 4.78 is 0. The maximum absolute atomic E-state index is 10.7. The summed E-state index contributed by atoms with van der Waals surface area (Å²) in [4.78, 5) is 10.7. The van der Waals surface area contributed by atoms with Crippen molar-refractivity contribution < 1.29 is 9.90 Å². The van der Waals surface area contributed by atoms with Crippen molar-refractivity contribution in [1.82, 2.24) is 0 Å². The van der Waals surface area contributed by atoms with Crippen LogP contribution in [0.4, 0.5) is 5.69 Å². The minimum atomic E-state index is -0.757. The normalized spacial score (nSPS) is 19.1. The fourth-order valence-corrected chi connectivity index (χ4v) is 2.27. The van der Waals surface area contributed by atoms with Gasteiger partial charge in [0.2, 0.25) is 0 Å². The number of hydrogen-bond acceptors (Lipinski definition) is 2. The largest absolute Gasteiger partial charge is 0.481 e. The van der Waals surface area contributed by atoms with Crippen LogP contribution in [0.25, 0.3) is 0 Å². The van der Waals surface area contributed by atoms with E-state index >= 15 is 0 Å². The lowest BCUT2D eigenvalue weighted by molar-refractivity contribution is -0.137. The highest BCUT2D eigenvalue weighted by Gasteiger charge is 2.23. The van der Waals surface area contributed by atoms with Gasteiger partial charge in [-0.05, 0) is 24.0 Å². The van der Waals surface area contributed by atoms with Gasteiger partial charge in [0.15, 0.2) is 0 Å². The number of hydrogen-bond donors (Lipinski definition) is 2. The van der Waals surface area contributed by atoms with Gasteiger partial charge in [0.1, 0.15) is 0 Å². The van der Waals surface area contributed by atoms with Crippen molar-refractivity contribution in [1.29, 1.82) is 0 Å².